The summed E-state index contributed by atoms with van der Waals surface area (Å²) in [5.74, 6) is 0.267. The highest BCUT2D eigenvalue weighted by Gasteiger charge is 2.35. The number of hydrogen-bond acceptors (Lipinski definition) is 4. The minimum atomic E-state index is -0.342. The first-order valence-corrected chi connectivity index (χ1v) is 5.80. The van der Waals surface area contributed by atoms with Crippen LogP contribution in [0.15, 0.2) is 0 Å². The molecule has 0 aromatic heterocycles. The Kier molecular flexibility index (Phi) is 3.43. The second-order valence-electron chi connectivity index (χ2n) is 4.50. The molecule has 2 fully saturated rings. The van der Waals surface area contributed by atoms with Gasteiger partial charge in [0.05, 0.1) is 7.11 Å². The van der Waals surface area contributed by atoms with Gasteiger partial charge >= 0.3 is 5.97 Å². The van der Waals surface area contributed by atoms with Gasteiger partial charge in [0.15, 0.2) is 0 Å². The number of hydrogen-bond donors (Lipinski definition) is 1. The summed E-state index contributed by atoms with van der Waals surface area (Å²) in [4.78, 5) is 25.1. The molecule has 0 saturated carbocycles. The predicted molar refractivity (Wildman–Crippen MR) is 57.7 cm³/mol. The smallest absolute Gasteiger partial charge is 0.328 e. The Morgan fingerprint density at radius 1 is 1.44 bits per heavy atom. The third-order valence-corrected chi connectivity index (χ3v) is 3.38. The fourth-order valence-corrected chi connectivity index (χ4v) is 2.30. The van der Waals surface area contributed by atoms with Crippen molar-refractivity contribution in [2.75, 3.05) is 26.7 Å². The number of likely N-dealkylation sites (tertiary alicyclic amines) is 1. The largest absolute Gasteiger partial charge is 0.467 e. The third-order valence-electron chi connectivity index (χ3n) is 3.38. The van der Waals surface area contributed by atoms with E-state index >= 15 is 0 Å². The topological polar surface area (TPSA) is 58.6 Å². The van der Waals surface area contributed by atoms with E-state index in [1.807, 2.05) is 0 Å². The second kappa shape index (κ2) is 4.82. The third kappa shape index (κ3) is 2.19. The first-order chi connectivity index (χ1) is 7.72. The molecular formula is C11H18N2O3. The van der Waals surface area contributed by atoms with Crippen molar-refractivity contribution in [3.8, 4) is 0 Å². The minimum absolute atomic E-state index is 0.0967. The summed E-state index contributed by atoms with van der Waals surface area (Å²) >= 11 is 0. The van der Waals surface area contributed by atoms with Crippen LogP contribution in [0.5, 0.6) is 0 Å². The fourth-order valence-electron chi connectivity index (χ4n) is 2.30. The molecule has 0 radical (unpaired) electrons. The Morgan fingerprint density at radius 3 is 2.75 bits per heavy atom. The van der Waals surface area contributed by atoms with Crippen molar-refractivity contribution in [2.45, 2.75) is 25.3 Å². The maximum absolute atomic E-state index is 12.0. The summed E-state index contributed by atoms with van der Waals surface area (Å²) in [6.45, 7) is 2.53. The number of nitrogens with zero attached hydrogens (tertiary/aromatic N) is 1. The molecule has 5 heteroatoms. The van der Waals surface area contributed by atoms with E-state index in [-0.39, 0.29) is 17.9 Å². The van der Waals surface area contributed by atoms with Gasteiger partial charge in [-0.25, -0.2) is 4.79 Å². The van der Waals surface area contributed by atoms with Crippen LogP contribution >= 0.6 is 0 Å². The van der Waals surface area contributed by atoms with Gasteiger partial charge in [0, 0.05) is 13.0 Å². The van der Waals surface area contributed by atoms with Crippen LogP contribution in [0.3, 0.4) is 0 Å². The molecule has 0 bridgehead atoms. The normalized spacial score (nSPS) is 25.3. The molecule has 2 rings (SSSR count). The highest BCUT2D eigenvalue weighted by atomic mass is 16.5. The van der Waals surface area contributed by atoms with Gasteiger partial charge in [-0.2, -0.15) is 0 Å². The SMILES string of the molecule is COC(=O)C1CCCN1C(=O)CC1CNC1. The molecule has 1 unspecified atom stereocenters. The average molecular weight is 226 g/mol. The van der Waals surface area contributed by atoms with Gasteiger partial charge in [-0.3, -0.25) is 4.79 Å². The standard InChI is InChI=1S/C11H18N2O3/c1-16-11(15)9-3-2-4-13(9)10(14)5-8-6-12-7-8/h8-9,12H,2-7H2,1H3. The fraction of sp³-hybridized carbons (Fsp3) is 0.818. The van der Waals surface area contributed by atoms with Crippen molar-refractivity contribution in [3.63, 3.8) is 0 Å². The Bertz CT molecular complexity index is 289. The van der Waals surface area contributed by atoms with Crippen LogP contribution in [0.2, 0.25) is 0 Å². The van der Waals surface area contributed by atoms with E-state index in [0.29, 0.717) is 18.9 Å². The summed E-state index contributed by atoms with van der Waals surface area (Å²) in [6.07, 6.45) is 2.19. The highest BCUT2D eigenvalue weighted by molar-refractivity contribution is 5.85. The number of rotatable bonds is 3. The Balaban J connectivity index is 1.90. The van der Waals surface area contributed by atoms with Crippen LogP contribution in [0.25, 0.3) is 0 Å². The van der Waals surface area contributed by atoms with Gasteiger partial charge in [-0.15, -0.1) is 0 Å². The lowest BCUT2D eigenvalue weighted by Gasteiger charge is -2.30. The van der Waals surface area contributed by atoms with Gasteiger partial charge in [0.1, 0.15) is 6.04 Å². The molecule has 16 heavy (non-hydrogen) atoms. The molecule has 0 aromatic rings. The number of ether oxygens (including phenoxy) is 1. The van der Waals surface area contributed by atoms with Crippen LogP contribution in [0.4, 0.5) is 0 Å². The molecule has 1 amide bonds. The number of methoxy groups -OCH3 is 1. The quantitative estimate of drug-likeness (QED) is 0.675. The Labute approximate surface area is 95.1 Å². The van der Waals surface area contributed by atoms with E-state index in [1.165, 1.54) is 7.11 Å². The molecule has 5 nitrogen and oxygen atoms in total. The summed E-state index contributed by atoms with van der Waals surface area (Å²) in [5, 5.41) is 3.14. The van der Waals surface area contributed by atoms with Crippen molar-refractivity contribution in [3.05, 3.63) is 0 Å². The molecule has 2 heterocycles. The van der Waals surface area contributed by atoms with Gasteiger partial charge in [-0.1, -0.05) is 0 Å². The zero-order valence-electron chi connectivity index (χ0n) is 9.57. The lowest BCUT2D eigenvalue weighted by molar-refractivity contribution is -0.151. The van der Waals surface area contributed by atoms with Crippen molar-refractivity contribution < 1.29 is 14.3 Å². The summed E-state index contributed by atoms with van der Waals surface area (Å²) in [5.41, 5.74) is 0. The average Bonchev–Trinajstić information content (AvgIpc) is 2.70. The van der Waals surface area contributed by atoms with Gasteiger partial charge in [-0.05, 0) is 31.8 Å². The Hall–Kier alpha value is -1.10. The van der Waals surface area contributed by atoms with Gasteiger partial charge < -0.3 is 15.0 Å². The maximum Gasteiger partial charge on any atom is 0.328 e. The lowest BCUT2D eigenvalue weighted by Crippen LogP contribution is -2.47. The van der Waals surface area contributed by atoms with Crippen LogP contribution in [0, 0.1) is 5.92 Å². The lowest BCUT2D eigenvalue weighted by atomic mass is 9.98. The summed E-state index contributed by atoms with van der Waals surface area (Å²) in [7, 11) is 1.37. The van der Waals surface area contributed by atoms with Crippen molar-refractivity contribution >= 4 is 11.9 Å². The van der Waals surface area contributed by atoms with E-state index in [9.17, 15) is 9.59 Å². The van der Waals surface area contributed by atoms with Gasteiger partial charge in [0.2, 0.25) is 5.91 Å². The molecule has 0 spiro atoms. The van der Waals surface area contributed by atoms with Crippen LogP contribution in [-0.4, -0.2) is 49.6 Å². The van der Waals surface area contributed by atoms with E-state index < -0.39 is 0 Å². The maximum atomic E-state index is 12.0. The predicted octanol–water partition coefficient (Wildman–Crippen LogP) is -0.240. The number of carbonyl (C=O) groups excluding carboxylic acids is 2. The molecule has 1 N–H and O–H groups in total. The first kappa shape index (κ1) is 11.4. The molecule has 2 aliphatic rings. The summed E-state index contributed by atoms with van der Waals surface area (Å²) in [6, 6.07) is -0.342. The highest BCUT2D eigenvalue weighted by Crippen LogP contribution is 2.21. The Morgan fingerprint density at radius 2 is 2.19 bits per heavy atom. The molecule has 0 aliphatic carbocycles. The number of carbonyl (C=O) groups is 2. The summed E-state index contributed by atoms with van der Waals surface area (Å²) < 4.78 is 4.71. The van der Waals surface area contributed by atoms with Crippen LogP contribution in [0.1, 0.15) is 19.3 Å². The van der Waals surface area contributed by atoms with E-state index in [2.05, 4.69) is 5.32 Å². The molecule has 0 aromatic carbocycles. The number of esters is 1. The monoisotopic (exact) mass is 226 g/mol. The molecule has 2 aliphatic heterocycles. The van der Waals surface area contributed by atoms with E-state index in [0.717, 1.165) is 25.9 Å². The molecule has 1 atom stereocenters. The van der Waals surface area contributed by atoms with E-state index in [1.54, 1.807) is 4.90 Å². The number of nitrogens with one attached hydrogen (secondary N) is 1. The van der Waals surface area contributed by atoms with Gasteiger partial charge in [0.25, 0.3) is 0 Å². The van der Waals surface area contributed by atoms with Crippen LogP contribution < -0.4 is 5.32 Å². The molecule has 90 valence electrons. The zero-order valence-corrected chi connectivity index (χ0v) is 9.57. The van der Waals surface area contributed by atoms with E-state index in [4.69, 9.17) is 4.74 Å². The molecule has 2 saturated heterocycles. The van der Waals surface area contributed by atoms with Crippen molar-refractivity contribution in [2.24, 2.45) is 5.92 Å². The minimum Gasteiger partial charge on any atom is -0.467 e. The molecular weight excluding hydrogens is 208 g/mol. The first-order valence-electron chi connectivity index (χ1n) is 5.80. The zero-order chi connectivity index (χ0) is 11.5. The van der Waals surface area contributed by atoms with Crippen molar-refractivity contribution in [1.29, 1.82) is 0 Å². The second-order valence-corrected chi connectivity index (χ2v) is 4.50. The van der Waals surface area contributed by atoms with Crippen LogP contribution in [-0.2, 0) is 14.3 Å². The number of amides is 1. The van der Waals surface area contributed by atoms with Crippen molar-refractivity contribution in [1.82, 2.24) is 10.2 Å².